The molecule has 0 aliphatic carbocycles. The van der Waals surface area contributed by atoms with Gasteiger partial charge in [0.1, 0.15) is 17.0 Å². The summed E-state index contributed by atoms with van der Waals surface area (Å²) < 4.78 is 0. The molecule has 3 heterocycles. The Morgan fingerprint density at radius 1 is 1.00 bits per heavy atom. The highest BCUT2D eigenvalue weighted by molar-refractivity contribution is 7.16. The molecule has 1 atom stereocenters. The lowest BCUT2D eigenvalue weighted by Gasteiger charge is -2.20. The Labute approximate surface area is 148 Å². The highest BCUT2D eigenvalue weighted by Gasteiger charge is 2.18. The molecule has 0 aliphatic rings. The van der Waals surface area contributed by atoms with Gasteiger partial charge in [-0.1, -0.05) is 29.8 Å². The monoisotopic (exact) mass is 352 g/mol. The molecule has 1 aromatic carbocycles. The standard InChI is InChI=1S/C18H13ClN4S/c19-13-5-3-4-12(10-13)16(15-6-1-2-8-20-15)23-17-14-7-9-24-18(14)22-11-21-17/h1-11,16H,(H,21,22,23). The number of nitrogens with one attached hydrogen (secondary N) is 1. The van der Waals surface area contributed by atoms with Gasteiger partial charge in [-0.25, -0.2) is 9.97 Å². The maximum atomic E-state index is 6.18. The van der Waals surface area contributed by atoms with Crippen molar-refractivity contribution in [3.8, 4) is 0 Å². The van der Waals surface area contributed by atoms with Gasteiger partial charge in [0.15, 0.2) is 0 Å². The molecule has 0 amide bonds. The van der Waals surface area contributed by atoms with Gasteiger partial charge in [-0.05, 0) is 41.3 Å². The Hall–Kier alpha value is -2.50. The predicted octanol–water partition coefficient (Wildman–Crippen LogP) is 4.94. The summed E-state index contributed by atoms with van der Waals surface area (Å²) >= 11 is 7.78. The van der Waals surface area contributed by atoms with Crippen LogP contribution in [0.3, 0.4) is 0 Å². The van der Waals surface area contributed by atoms with Crippen LogP contribution in [0.4, 0.5) is 5.82 Å². The SMILES string of the molecule is Clc1cccc(C(Nc2ncnc3sccc23)c2ccccn2)c1. The maximum absolute atomic E-state index is 6.18. The first kappa shape index (κ1) is 15.1. The number of thiophene rings is 1. The first-order valence-corrected chi connectivity index (χ1v) is 8.68. The minimum atomic E-state index is -0.150. The molecule has 0 fully saturated rings. The molecule has 0 saturated heterocycles. The number of pyridine rings is 1. The number of aromatic nitrogens is 3. The summed E-state index contributed by atoms with van der Waals surface area (Å²) in [6, 6.07) is 15.5. The Bertz CT molecular complexity index is 971. The van der Waals surface area contributed by atoms with Crippen molar-refractivity contribution >= 4 is 39.0 Å². The van der Waals surface area contributed by atoms with Crippen molar-refractivity contribution in [2.75, 3.05) is 5.32 Å². The minimum Gasteiger partial charge on any atom is -0.357 e. The quantitative estimate of drug-likeness (QED) is 0.565. The largest absolute Gasteiger partial charge is 0.357 e. The predicted molar refractivity (Wildman–Crippen MR) is 98.6 cm³/mol. The van der Waals surface area contributed by atoms with Crippen molar-refractivity contribution in [2.24, 2.45) is 0 Å². The molecule has 1 N–H and O–H groups in total. The zero-order chi connectivity index (χ0) is 16.4. The van der Waals surface area contributed by atoms with E-state index in [-0.39, 0.29) is 6.04 Å². The van der Waals surface area contributed by atoms with Crippen molar-refractivity contribution in [1.82, 2.24) is 15.0 Å². The Balaban J connectivity index is 1.80. The number of halogens is 1. The van der Waals surface area contributed by atoms with E-state index < -0.39 is 0 Å². The summed E-state index contributed by atoms with van der Waals surface area (Å²) in [5.41, 5.74) is 1.94. The van der Waals surface area contributed by atoms with E-state index in [2.05, 4.69) is 20.3 Å². The molecule has 6 heteroatoms. The van der Waals surface area contributed by atoms with E-state index >= 15 is 0 Å². The number of rotatable bonds is 4. The van der Waals surface area contributed by atoms with E-state index in [1.807, 2.05) is 53.9 Å². The van der Waals surface area contributed by atoms with E-state index in [4.69, 9.17) is 11.6 Å². The maximum Gasteiger partial charge on any atom is 0.138 e. The van der Waals surface area contributed by atoms with E-state index in [9.17, 15) is 0 Å². The highest BCUT2D eigenvalue weighted by Crippen LogP contribution is 2.30. The topological polar surface area (TPSA) is 50.7 Å². The van der Waals surface area contributed by atoms with Gasteiger partial charge in [0.2, 0.25) is 0 Å². The molecular formula is C18H13ClN4S. The zero-order valence-corrected chi connectivity index (χ0v) is 14.1. The lowest BCUT2D eigenvalue weighted by atomic mass is 10.0. The van der Waals surface area contributed by atoms with Gasteiger partial charge in [-0.3, -0.25) is 4.98 Å². The molecular weight excluding hydrogens is 340 g/mol. The van der Waals surface area contributed by atoms with Crippen LogP contribution in [0.15, 0.2) is 66.4 Å². The number of nitrogens with zero attached hydrogens (tertiary/aromatic N) is 3. The van der Waals surface area contributed by atoms with Crippen molar-refractivity contribution < 1.29 is 0 Å². The summed E-state index contributed by atoms with van der Waals surface area (Å²) in [6.45, 7) is 0. The lowest BCUT2D eigenvalue weighted by Crippen LogP contribution is -2.15. The minimum absolute atomic E-state index is 0.150. The summed E-state index contributed by atoms with van der Waals surface area (Å²) in [5.74, 6) is 0.789. The van der Waals surface area contributed by atoms with Crippen LogP contribution in [-0.4, -0.2) is 15.0 Å². The fraction of sp³-hybridized carbons (Fsp3) is 0.0556. The molecule has 0 radical (unpaired) electrons. The molecule has 1 unspecified atom stereocenters. The fourth-order valence-electron chi connectivity index (χ4n) is 2.60. The molecule has 0 saturated carbocycles. The van der Waals surface area contributed by atoms with Crippen LogP contribution in [0, 0.1) is 0 Å². The van der Waals surface area contributed by atoms with E-state index in [1.165, 1.54) is 0 Å². The van der Waals surface area contributed by atoms with Crippen LogP contribution in [0.1, 0.15) is 17.3 Å². The highest BCUT2D eigenvalue weighted by atomic mass is 35.5. The number of benzene rings is 1. The van der Waals surface area contributed by atoms with Crippen LogP contribution in [0.2, 0.25) is 5.02 Å². The number of anilines is 1. The first-order chi connectivity index (χ1) is 11.8. The lowest BCUT2D eigenvalue weighted by molar-refractivity contribution is 0.879. The second-order valence-corrected chi connectivity index (χ2v) is 6.58. The van der Waals surface area contributed by atoms with Crippen molar-refractivity contribution in [1.29, 1.82) is 0 Å². The van der Waals surface area contributed by atoms with Crippen LogP contribution in [0.25, 0.3) is 10.2 Å². The van der Waals surface area contributed by atoms with Gasteiger partial charge in [0, 0.05) is 11.2 Å². The second-order valence-electron chi connectivity index (χ2n) is 5.25. The Morgan fingerprint density at radius 2 is 1.96 bits per heavy atom. The second kappa shape index (κ2) is 6.55. The first-order valence-electron chi connectivity index (χ1n) is 7.42. The molecule has 0 spiro atoms. The Kier molecular flexibility index (Phi) is 4.11. The molecule has 4 aromatic rings. The summed E-state index contributed by atoms with van der Waals surface area (Å²) in [6.07, 6.45) is 3.36. The average molecular weight is 353 g/mol. The third kappa shape index (κ3) is 2.96. The molecule has 118 valence electrons. The van der Waals surface area contributed by atoms with Crippen molar-refractivity contribution in [2.45, 2.75) is 6.04 Å². The molecule has 24 heavy (non-hydrogen) atoms. The molecule has 4 rings (SSSR count). The van der Waals surface area contributed by atoms with E-state index in [0.717, 1.165) is 27.3 Å². The van der Waals surface area contributed by atoms with Crippen LogP contribution in [-0.2, 0) is 0 Å². The third-order valence-corrected chi connectivity index (χ3v) is 4.76. The van der Waals surface area contributed by atoms with Gasteiger partial charge in [-0.15, -0.1) is 11.3 Å². The van der Waals surface area contributed by atoms with Crippen LogP contribution >= 0.6 is 22.9 Å². The summed E-state index contributed by atoms with van der Waals surface area (Å²) in [5, 5.41) is 7.21. The van der Waals surface area contributed by atoms with Gasteiger partial charge in [0.25, 0.3) is 0 Å². The van der Waals surface area contributed by atoms with Crippen molar-refractivity contribution in [3.05, 3.63) is 82.7 Å². The molecule has 3 aromatic heterocycles. The molecule has 4 nitrogen and oxygen atoms in total. The molecule has 0 bridgehead atoms. The van der Waals surface area contributed by atoms with Crippen LogP contribution < -0.4 is 5.32 Å². The number of fused-ring (bicyclic) bond motifs is 1. The normalized spacial score (nSPS) is 12.2. The summed E-state index contributed by atoms with van der Waals surface area (Å²) in [4.78, 5) is 14.2. The van der Waals surface area contributed by atoms with Gasteiger partial charge >= 0.3 is 0 Å². The van der Waals surface area contributed by atoms with Gasteiger partial charge < -0.3 is 5.32 Å². The van der Waals surface area contributed by atoms with Crippen molar-refractivity contribution in [3.63, 3.8) is 0 Å². The smallest absolute Gasteiger partial charge is 0.138 e. The number of hydrogen-bond acceptors (Lipinski definition) is 5. The Morgan fingerprint density at radius 3 is 2.79 bits per heavy atom. The molecule has 0 aliphatic heterocycles. The fourth-order valence-corrected chi connectivity index (χ4v) is 3.53. The van der Waals surface area contributed by atoms with Crippen LogP contribution in [0.5, 0.6) is 0 Å². The average Bonchev–Trinajstić information content (AvgIpc) is 3.10. The van der Waals surface area contributed by atoms with Gasteiger partial charge in [-0.2, -0.15) is 0 Å². The third-order valence-electron chi connectivity index (χ3n) is 3.71. The van der Waals surface area contributed by atoms with E-state index in [1.54, 1.807) is 23.9 Å². The van der Waals surface area contributed by atoms with Gasteiger partial charge in [0.05, 0.1) is 17.1 Å². The van der Waals surface area contributed by atoms with E-state index in [0.29, 0.717) is 5.02 Å². The number of hydrogen-bond donors (Lipinski definition) is 1. The summed E-state index contributed by atoms with van der Waals surface area (Å²) in [7, 11) is 0. The zero-order valence-electron chi connectivity index (χ0n) is 12.6.